The third-order valence-electron chi connectivity index (χ3n) is 12.8. The molecule has 7 heteroatoms. The maximum absolute atomic E-state index is 13.9. The summed E-state index contributed by atoms with van der Waals surface area (Å²) in [6, 6.07) is 0. The molecule has 3 aliphatic carbocycles. The summed E-state index contributed by atoms with van der Waals surface area (Å²) in [5, 5.41) is 2.15. The van der Waals surface area contributed by atoms with Crippen molar-refractivity contribution in [1.29, 1.82) is 0 Å². The molecule has 2 saturated heterocycles. The molecule has 0 spiro atoms. The fraction of sp³-hybridized carbons (Fsp3) is 0.812. The van der Waals surface area contributed by atoms with Crippen LogP contribution in [0.2, 0.25) is 0 Å². The lowest BCUT2D eigenvalue weighted by Gasteiger charge is -2.58. The highest BCUT2D eigenvalue weighted by molar-refractivity contribution is 8.11. The lowest BCUT2D eigenvalue weighted by molar-refractivity contribution is -0.136. The molecule has 5 aliphatic heterocycles. The summed E-state index contributed by atoms with van der Waals surface area (Å²) in [6.07, 6.45) is 21.7. The number of rotatable bonds is 5. The van der Waals surface area contributed by atoms with E-state index >= 15 is 0 Å². The van der Waals surface area contributed by atoms with Crippen LogP contribution in [0.1, 0.15) is 117 Å². The van der Waals surface area contributed by atoms with Crippen LogP contribution in [0.3, 0.4) is 0 Å². The molecule has 0 N–H and O–H groups in total. The largest absolute Gasteiger partial charge is 0.465 e. The van der Waals surface area contributed by atoms with Gasteiger partial charge >= 0.3 is 11.9 Å². The van der Waals surface area contributed by atoms with Crippen LogP contribution >= 0.6 is 23.8 Å². The molecule has 8 rings (SSSR count). The van der Waals surface area contributed by atoms with E-state index in [2.05, 4.69) is 32.7 Å². The van der Waals surface area contributed by atoms with Crippen LogP contribution < -0.4 is 0 Å². The van der Waals surface area contributed by atoms with Gasteiger partial charge in [0.1, 0.15) is 0 Å². The molecule has 3 saturated carbocycles. The number of carbonyl (C=O) groups excluding carboxylic acids is 2. The van der Waals surface area contributed by atoms with Gasteiger partial charge < -0.3 is 9.47 Å². The fourth-order valence-electron chi connectivity index (χ4n) is 11.2. The normalized spacial score (nSPS) is 44.2. The Bertz CT molecular complexity index is 1160. The topological polar surface area (TPSA) is 52.6 Å². The van der Waals surface area contributed by atoms with Crippen molar-refractivity contribution in [2.75, 3.05) is 14.2 Å². The second kappa shape index (κ2) is 8.87. The molecule has 0 radical (unpaired) electrons. The van der Waals surface area contributed by atoms with Crippen LogP contribution in [0.5, 0.6) is 0 Å². The standard InChI is InChI=1S/C32H47O4P3/c1-27(15-9-6-10-16-27)30-21-23(25(33)35-4)39-31(28(2)17-11-7-12-18-28)32(39,29(3)19-13-8-14-20-29)38(30)24(22-37(30)31)26(34)36-5/h21-22H,6-20H2,1-5H3. The minimum atomic E-state index is -0.791. The van der Waals surface area contributed by atoms with Gasteiger partial charge in [-0.15, -0.1) is 0 Å². The summed E-state index contributed by atoms with van der Waals surface area (Å²) < 4.78 is 11.3. The molecular weight excluding hydrogens is 541 g/mol. The minimum Gasteiger partial charge on any atom is -0.465 e. The second-order valence-electron chi connectivity index (χ2n) is 14.5. The number of carbonyl (C=O) groups is 2. The molecule has 8 aliphatic rings. The Morgan fingerprint density at radius 2 is 1.05 bits per heavy atom. The zero-order valence-electron chi connectivity index (χ0n) is 24.7. The van der Waals surface area contributed by atoms with E-state index in [4.69, 9.17) is 9.47 Å². The van der Waals surface area contributed by atoms with Crippen molar-refractivity contribution in [3.05, 3.63) is 22.5 Å². The van der Waals surface area contributed by atoms with Crippen molar-refractivity contribution >= 4 is 35.7 Å². The quantitative estimate of drug-likeness (QED) is 0.237. The fourth-order valence-corrected chi connectivity index (χ4v) is 33.1. The molecule has 0 aromatic rings. The molecule has 39 heavy (non-hydrogen) atoms. The van der Waals surface area contributed by atoms with Gasteiger partial charge in [-0.25, -0.2) is 9.59 Å². The van der Waals surface area contributed by atoms with Gasteiger partial charge in [0.05, 0.1) is 24.8 Å². The molecule has 6 unspecified atom stereocenters. The first-order valence-corrected chi connectivity index (χ1v) is 19.8. The number of hydrogen-bond donors (Lipinski definition) is 0. The zero-order valence-corrected chi connectivity index (χ0v) is 27.4. The van der Waals surface area contributed by atoms with Crippen LogP contribution in [0.15, 0.2) is 22.5 Å². The first-order valence-electron chi connectivity index (χ1n) is 15.7. The van der Waals surface area contributed by atoms with E-state index in [1.54, 1.807) is 14.2 Å². The summed E-state index contributed by atoms with van der Waals surface area (Å²) >= 11 is 0. The summed E-state index contributed by atoms with van der Waals surface area (Å²) in [7, 11) is 1.08. The third kappa shape index (κ3) is 2.90. The lowest BCUT2D eigenvalue weighted by Crippen LogP contribution is -2.47. The van der Waals surface area contributed by atoms with E-state index in [0.717, 1.165) is 10.6 Å². The number of allylic oxidation sites excluding steroid dienone is 1. The first kappa shape index (κ1) is 27.5. The molecule has 214 valence electrons. The molecule has 0 aromatic carbocycles. The number of ether oxygens (including phenoxy) is 2. The average Bonchev–Trinajstić information content (AvgIpc) is 3.44. The van der Waals surface area contributed by atoms with Gasteiger partial charge in [0, 0.05) is 14.7 Å². The Kier molecular flexibility index (Phi) is 6.26. The molecule has 6 bridgehead atoms. The van der Waals surface area contributed by atoms with Gasteiger partial charge in [0.15, 0.2) is 0 Å². The van der Waals surface area contributed by atoms with Gasteiger partial charge in [-0.05, 0) is 76.4 Å². The third-order valence-corrected chi connectivity index (χ3v) is 28.0. The summed E-state index contributed by atoms with van der Waals surface area (Å²) in [4.78, 5) is 27.9. The average molecular weight is 589 g/mol. The van der Waals surface area contributed by atoms with Gasteiger partial charge in [0.25, 0.3) is 0 Å². The maximum Gasteiger partial charge on any atom is 0.338 e. The summed E-state index contributed by atoms with van der Waals surface area (Å²) in [5.74, 6) is 2.43. The molecule has 0 aromatic heterocycles. The van der Waals surface area contributed by atoms with Gasteiger partial charge in [0.2, 0.25) is 0 Å². The van der Waals surface area contributed by atoms with E-state index in [0.29, 0.717) is 0 Å². The van der Waals surface area contributed by atoms with Crippen molar-refractivity contribution in [2.45, 2.75) is 132 Å². The van der Waals surface area contributed by atoms with Gasteiger partial charge in [-0.1, -0.05) is 92.6 Å². The Hall–Kier alpha value is -0.290. The molecular formula is C32H47O4P3. The van der Waals surface area contributed by atoms with Crippen LogP contribution in [0, 0.1) is 16.2 Å². The van der Waals surface area contributed by atoms with Crippen LogP contribution in [-0.4, -0.2) is 40.8 Å². The highest BCUT2D eigenvalue weighted by Gasteiger charge is 3.02. The number of esters is 2. The zero-order chi connectivity index (χ0) is 27.5. The lowest BCUT2D eigenvalue weighted by atomic mass is 9.65. The maximum atomic E-state index is 13.9. The smallest absolute Gasteiger partial charge is 0.338 e. The van der Waals surface area contributed by atoms with Crippen LogP contribution in [-0.2, 0) is 19.1 Å². The Balaban J connectivity index is 1.57. The Morgan fingerprint density at radius 3 is 1.54 bits per heavy atom. The second-order valence-corrected chi connectivity index (χ2v) is 23.0. The van der Waals surface area contributed by atoms with Crippen molar-refractivity contribution in [1.82, 2.24) is 0 Å². The highest BCUT2D eigenvalue weighted by Crippen LogP contribution is 3.23. The van der Waals surface area contributed by atoms with E-state index in [1.165, 1.54) is 96.3 Å². The monoisotopic (exact) mass is 588 g/mol. The predicted molar refractivity (Wildman–Crippen MR) is 163 cm³/mol. The molecule has 5 heterocycles. The first-order chi connectivity index (χ1) is 18.7. The highest BCUT2D eigenvalue weighted by atomic mass is 31.2. The van der Waals surface area contributed by atoms with Crippen molar-refractivity contribution < 1.29 is 19.1 Å². The molecule has 5 fully saturated rings. The molecule has 4 nitrogen and oxygen atoms in total. The van der Waals surface area contributed by atoms with Crippen molar-refractivity contribution in [3.63, 3.8) is 0 Å². The Morgan fingerprint density at radius 1 is 0.615 bits per heavy atom. The summed E-state index contributed by atoms with van der Waals surface area (Å²) in [5.41, 5.74) is 0.540. The summed E-state index contributed by atoms with van der Waals surface area (Å²) in [6.45, 7) is 7.84. The minimum absolute atomic E-state index is 0.0548. The van der Waals surface area contributed by atoms with Crippen LogP contribution in [0.25, 0.3) is 0 Å². The Labute approximate surface area is 239 Å². The van der Waals surface area contributed by atoms with E-state index < -0.39 is 23.8 Å². The number of methoxy groups -OCH3 is 2. The van der Waals surface area contributed by atoms with Gasteiger partial charge in [-0.2, -0.15) is 0 Å². The molecule has 6 atom stereocenters. The molecule has 0 amide bonds. The van der Waals surface area contributed by atoms with E-state index in [9.17, 15) is 9.59 Å². The number of hydrogen-bond acceptors (Lipinski definition) is 4. The van der Waals surface area contributed by atoms with Gasteiger partial charge in [-0.3, -0.25) is 0 Å². The van der Waals surface area contributed by atoms with E-state index in [-0.39, 0.29) is 42.9 Å². The SMILES string of the molecule is COC(=O)C1=CP2C3(C4(C)CCCCC4)C=C(C(=O)OC)P4C2(C2(C)CCCCC2)C4(C2(C)CCCCC2)P13. The van der Waals surface area contributed by atoms with Crippen molar-refractivity contribution in [2.24, 2.45) is 16.2 Å². The predicted octanol–water partition coefficient (Wildman–Crippen LogP) is 9.56. The van der Waals surface area contributed by atoms with Crippen molar-refractivity contribution in [3.8, 4) is 0 Å². The van der Waals surface area contributed by atoms with E-state index in [1.807, 2.05) is 0 Å². The van der Waals surface area contributed by atoms with Crippen LogP contribution in [0.4, 0.5) is 0 Å².